The predicted molar refractivity (Wildman–Crippen MR) is 65.7 cm³/mol. The van der Waals surface area contributed by atoms with E-state index in [1.165, 1.54) is 0 Å². The molecule has 2 aliphatic rings. The van der Waals surface area contributed by atoms with Gasteiger partial charge in [-0.05, 0) is 30.7 Å². The third-order valence-electron chi connectivity index (χ3n) is 4.35. The molecule has 2 aliphatic carbocycles. The number of rotatable bonds is 1. The lowest BCUT2D eigenvalue weighted by molar-refractivity contribution is -0.139. The Balaban J connectivity index is 1.99. The Morgan fingerprint density at radius 2 is 2.00 bits per heavy atom. The van der Waals surface area contributed by atoms with E-state index in [0.29, 0.717) is 12.3 Å². The van der Waals surface area contributed by atoms with Crippen LogP contribution in [0.15, 0.2) is 30.3 Å². The topological polar surface area (TPSA) is 37.3 Å². The maximum Gasteiger partial charge on any atom is 0.143 e. The number of carbonyl (C=O) groups excluding carboxylic acids is 1. The van der Waals surface area contributed by atoms with Gasteiger partial charge >= 0.3 is 0 Å². The Morgan fingerprint density at radius 3 is 2.76 bits per heavy atom. The third kappa shape index (κ3) is 1.81. The molecule has 0 aliphatic heterocycles. The second-order valence-electron chi connectivity index (χ2n) is 5.58. The van der Waals surface area contributed by atoms with Crippen molar-refractivity contribution in [1.29, 1.82) is 0 Å². The smallest absolute Gasteiger partial charge is 0.143 e. The van der Waals surface area contributed by atoms with Crippen LogP contribution in [0.3, 0.4) is 0 Å². The zero-order valence-corrected chi connectivity index (χ0v) is 9.93. The van der Waals surface area contributed by atoms with Crippen LogP contribution in [0.4, 0.5) is 0 Å². The quantitative estimate of drug-likeness (QED) is 0.805. The fourth-order valence-corrected chi connectivity index (χ4v) is 3.68. The summed E-state index contributed by atoms with van der Waals surface area (Å²) in [5.74, 6) is 0.358. The molecule has 17 heavy (non-hydrogen) atoms. The Hall–Kier alpha value is -1.15. The molecule has 0 unspecified atom stereocenters. The van der Waals surface area contributed by atoms with Gasteiger partial charge in [0.05, 0.1) is 11.5 Å². The van der Waals surface area contributed by atoms with Gasteiger partial charge in [0.15, 0.2) is 0 Å². The molecule has 1 N–H and O–H groups in total. The van der Waals surface area contributed by atoms with Crippen molar-refractivity contribution < 1.29 is 9.90 Å². The molecule has 0 amide bonds. The molecule has 0 radical (unpaired) electrons. The highest BCUT2D eigenvalue weighted by Gasteiger charge is 2.49. The molecule has 0 saturated heterocycles. The fourth-order valence-electron chi connectivity index (χ4n) is 3.68. The first-order valence-corrected chi connectivity index (χ1v) is 6.49. The molecule has 0 spiro atoms. The standard InChI is InChI=1S/C15H18O2/c16-13-9-11-5-4-8-15(17,10-11)14(13)12-6-2-1-3-7-12/h1-3,6-7,11,14,17H,4-5,8-10H2/t11-,14+,15+/m1/s1. The molecule has 0 heterocycles. The molecule has 2 fully saturated rings. The molecule has 90 valence electrons. The number of aliphatic hydroxyl groups is 1. The zero-order valence-electron chi connectivity index (χ0n) is 9.93. The monoisotopic (exact) mass is 230 g/mol. The van der Waals surface area contributed by atoms with E-state index < -0.39 is 5.60 Å². The van der Waals surface area contributed by atoms with Gasteiger partial charge in [0.1, 0.15) is 5.78 Å². The summed E-state index contributed by atoms with van der Waals surface area (Å²) in [6.45, 7) is 0. The van der Waals surface area contributed by atoms with Gasteiger partial charge in [-0.25, -0.2) is 0 Å². The molecule has 2 heteroatoms. The Labute approximate surface area is 102 Å². The number of benzene rings is 1. The second kappa shape index (κ2) is 3.95. The summed E-state index contributed by atoms with van der Waals surface area (Å²) < 4.78 is 0. The average Bonchev–Trinajstić information content (AvgIpc) is 2.29. The van der Waals surface area contributed by atoms with Crippen molar-refractivity contribution >= 4 is 5.78 Å². The van der Waals surface area contributed by atoms with Crippen molar-refractivity contribution in [2.75, 3.05) is 0 Å². The number of carbonyl (C=O) groups is 1. The molecule has 3 atom stereocenters. The lowest BCUT2D eigenvalue weighted by atomic mass is 9.61. The lowest BCUT2D eigenvalue weighted by Gasteiger charge is -2.46. The number of ketones is 1. The molecule has 0 aromatic heterocycles. The van der Waals surface area contributed by atoms with Gasteiger partial charge in [0, 0.05) is 6.42 Å². The van der Waals surface area contributed by atoms with Crippen LogP contribution < -0.4 is 0 Å². The number of Topliss-reactive ketones (excluding diaryl/α,β-unsaturated/α-hetero) is 1. The summed E-state index contributed by atoms with van der Waals surface area (Å²) in [5, 5.41) is 10.8. The average molecular weight is 230 g/mol. The fraction of sp³-hybridized carbons (Fsp3) is 0.533. The maximum atomic E-state index is 12.3. The maximum absolute atomic E-state index is 12.3. The van der Waals surface area contributed by atoms with Crippen molar-refractivity contribution in [2.45, 2.75) is 43.6 Å². The van der Waals surface area contributed by atoms with E-state index >= 15 is 0 Å². The summed E-state index contributed by atoms with van der Waals surface area (Å²) in [5.41, 5.74) is 0.208. The molecule has 2 saturated carbocycles. The zero-order chi connectivity index (χ0) is 11.9. The minimum absolute atomic E-state index is 0.231. The Bertz CT molecular complexity index is 426. The van der Waals surface area contributed by atoms with Gasteiger partial charge in [0.25, 0.3) is 0 Å². The first-order chi connectivity index (χ1) is 8.19. The highest BCUT2D eigenvalue weighted by Crippen LogP contribution is 2.48. The molecule has 1 aromatic carbocycles. The van der Waals surface area contributed by atoms with E-state index in [2.05, 4.69) is 0 Å². The Kier molecular flexibility index (Phi) is 2.55. The molecule has 2 nitrogen and oxygen atoms in total. The minimum atomic E-state index is -0.778. The largest absolute Gasteiger partial charge is 0.389 e. The van der Waals surface area contributed by atoms with Gasteiger partial charge in [-0.15, -0.1) is 0 Å². The first kappa shape index (κ1) is 11.0. The van der Waals surface area contributed by atoms with Gasteiger partial charge in [0.2, 0.25) is 0 Å². The van der Waals surface area contributed by atoms with Gasteiger partial charge in [-0.3, -0.25) is 4.79 Å². The number of fused-ring (bicyclic) bond motifs is 2. The summed E-state index contributed by atoms with van der Waals surface area (Å²) >= 11 is 0. The van der Waals surface area contributed by atoms with Crippen LogP contribution in [0.1, 0.15) is 43.6 Å². The summed E-state index contributed by atoms with van der Waals surface area (Å²) in [6, 6.07) is 9.78. The van der Waals surface area contributed by atoms with Crippen LogP contribution in [-0.4, -0.2) is 16.5 Å². The van der Waals surface area contributed by atoms with Gasteiger partial charge in [-0.1, -0.05) is 36.8 Å². The Morgan fingerprint density at radius 1 is 1.24 bits per heavy atom. The van der Waals surface area contributed by atoms with Crippen LogP contribution in [0.5, 0.6) is 0 Å². The van der Waals surface area contributed by atoms with Crippen molar-refractivity contribution in [3.8, 4) is 0 Å². The highest BCUT2D eigenvalue weighted by molar-refractivity contribution is 5.88. The second-order valence-corrected chi connectivity index (χ2v) is 5.58. The highest BCUT2D eigenvalue weighted by atomic mass is 16.3. The van der Waals surface area contributed by atoms with Crippen LogP contribution in [-0.2, 0) is 4.79 Å². The van der Waals surface area contributed by atoms with E-state index in [9.17, 15) is 9.90 Å². The van der Waals surface area contributed by atoms with Crippen molar-refractivity contribution in [2.24, 2.45) is 5.92 Å². The number of hydrogen-bond donors (Lipinski definition) is 1. The molecule has 3 rings (SSSR count). The number of hydrogen-bond acceptors (Lipinski definition) is 2. The summed E-state index contributed by atoms with van der Waals surface area (Å²) in [7, 11) is 0. The van der Waals surface area contributed by atoms with Crippen LogP contribution >= 0.6 is 0 Å². The molecule has 2 bridgehead atoms. The minimum Gasteiger partial charge on any atom is -0.389 e. The summed E-state index contributed by atoms with van der Waals surface area (Å²) in [4.78, 5) is 12.3. The molecular weight excluding hydrogens is 212 g/mol. The molecule has 1 aromatic rings. The normalized spacial score (nSPS) is 36.9. The van der Waals surface area contributed by atoms with Gasteiger partial charge in [-0.2, -0.15) is 0 Å². The van der Waals surface area contributed by atoms with Crippen LogP contribution in [0.2, 0.25) is 0 Å². The summed E-state index contributed by atoms with van der Waals surface area (Å²) in [6.07, 6.45) is 4.39. The van der Waals surface area contributed by atoms with Crippen LogP contribution in [0, 0.1) is 5.92 Å². The van der Waals surface area contributed by atoms with Crippen molar-refractivity contribution in [3.63, 3.8) is 0 Å². The van der Waals surface area contributed by atoms with E-state index in [-0.39, 0.29) is 11.7 Å². The SMILES string of the molecule is O=C1C[C@H]2CCC[C@](O)(C2)[C@H]1c1ccccc1. The van der Waals surface area contributed by atoms with Crippen LogP contribution in [0.25, 0.3) is 0 Å². The van der Waals surface area contributed by atoms with E-state index in [0.717, 1.165) is 31.2 Å². The van der Waals surface area contributed by atoms with Crippen molar-refractivity contribution in [1.82, 2.24) is 0 Å². The predicted octanol–water partition coefficient (Wildman–Crippen LogP) is 2.66. The first-order valence-electron chi connectivity index (χ1n) is 6.49. The van der Waals surface area contributed by atoms with E-state index in [4.69, 9.17) is 0 Å². The van der Waals surface area contributed by atoms with Crippen molar-refractivity contribution in [3.05, 3.63) is 35.9 Å². The van der Waals surface area contributed by atoms with Gasteiger partial charge < -0.3 is 5.11 Å². The van der Waals surface area contributed by atoms with E-state index in [1.807, 2.05) is 30.3 Å². The third-order valence-corrected chi connectivity index (χ3v) is 4.35. The molecular formula is C15H18O2. The lowest BCUT2D eigenvalue weighted by Crippen LogP contribution is -2.49. The van der Waals surface area contributed by atoms with E-state index in [1.54, 1.807) is 0 Å².